The van der Waals surface area contributed by atoms with Crippen LogP contribution in [-0.4, -0.2) is 36.3 Å². The molecule has 1 saturated heterocycles. The van der Waals surface area contributed by atoms with Gasteiger partial charge in [-0.25, -0.2) is 0 Å². The van der Waals surface area contributed by atoms with Crippen LogP contribution in [0.2, 0.25) is 0 Å². The van der Waals surface area contributed by atoms with Gasteiger partial charge in [-0.1, -0.05) is 11.6 Å². The van der Waals surface area contributed by atoms with Gasteiger partial charge in [0.1, 0.15) is 0 Å². The number of amides is 2. The highest BCUT2D eigenvalue weighted by molar-refractivity contribution is 6.01. The van der Waals surface area contributed by atoms with Crippen molar-refractivity contribution >= 4 is 17.5 Å². The molecule has 0 aromatic heterocycles. The van der Waals surface area contributed by atoms with Crippen LogP contribution >= 0.6 is 0 Å². The highest BCUT2D eigenvalue weighted by Crippen LogP contribution is 2.19. The molecule has 1 aliphatic rings. The first kappa shape index (κ1) is 13.4. The molecule has 1 aromatic carbocycles. The van der Waals surface area contributed by atoms with Crippen LogP contribution in [0.1, 0.15) is 22.3 Å². The number of anilines is 1. The van der Waals surface area contributed by atoms with Gasteiger partial charge in [0.05, 0.1) is 17.8 Å². The van der Waals surface area contributed by atoms with Gasteiger partial charge in [-0.15, -0.1) is 0 Å². The number of hydrogen-bond acceptors (Lipinski definition) is 4. The number of benzene rings is 1. The predicted octanol–water partition coefficient (Wildman–Crippen LogP) is 0.243. The lowest BCUT2D eigenvalue weighted by Gasteiger charge is -2.20. The maximum Gasteiger partial charge on any atom is 0.256 e. The van der Waals surface area contributed by atoms with E-state index < -0.39 is 0 Å². The molecule has 2 amide bonds. The Morgan fingerprint density at radius 2 is 2.26 bits per heavy atom. The Kier molecular flexibility index (Phi) is 4.01. The molecule has 4 N–H and O–H groups in total. The maximum atomic E-state index is 12.5. The minimum absolute atomic E-state index is 0.0940. The summed E-state index contributed by atoms with van der Waals surface area (Å²) in [6.07, 6.45) is 0.759. The number of aryl methyl sites for hydroxylation is 1. The summed E-state index contributed by atoms with van der Waals surface area (Å²) in [5, 5.41) is 2.75. The van der Waals surface area contributed by atoms with Gasteiger partial charge in [-0.3, -0.25) is 15.4 Å². The molecule has 0 bridgehead atoms. The van der Waals surface area contributed by atoms with Gasteiger partial charge >= 0.3 is 0 Å². The zero-order valence-electron chi connectivity index (χ0n) is 10.9. The number of hydrazine groups is 1. The third-order valence-corrected chi connectivity index (χ3v) is 3.11. The number of nitrogens with zero attached hydrogens (tertiary/aromatic N) is 1. The number of hydrogen-bond donors (Lipinski definition) is 3. The second-order valence-corrected chi connectivity index (χ2v) is 4.62. The van der Waals surface area contributed by atoms with E-state index in [2.05, 4.69) is 10.7 Å². The van der Waals surface area contributed by atoms with Gasteiger partial charge in [0.25, 0.3) is 5.91 Å². The Morgan fingerprint density at radius 1 is 1.47 bits per heavy atom. The molecule has 19 heavy (non-hydrogen) atoms. The highest BCUT2D eigenvalue weighted by Gasteiger charge is 2.22. The highest BCUT2D eigenvalue weighted by atomic mass is 16.2. The van der Waals surface area contributed by atoms with Crippen LogP contribution in [0.5, 0.6) is 0 Å². The average molecular weight is 262 g/mol. The predicted molar refractivity (Wildman–Crippen MR) is 72.5 cm³/mol. The molecule has 0 spiro atoms. The van der Waals surface area contributed by atoms with Crippen LogP contribution in [0.25, 0.3) is 0 Å². The molecule has 1 aliphatic heterocycles. The molecular weight excluding hydrogens is 244 g/mol. The van der Waals surface area contributed by atoms with Crippen molar-refractivity contribution in [3.8, 4) is 0 Å². The Hall–Kier alpha value is -2.08. The van der Waals surface area contributed by atoms with Gasteiger partial charge in [-0.2, -0.15) is 0 Å². The summed E-state index contributed by atoms with van der Waals surface area (Å²) in [7, 11) is 0. The zero-order valence-corrected chi connectivity index (χ0v) is 10.9. The lowest BCUT2D eigenvalue weighted by Crippen LogP contribution is -2.37. The minimum Gasteiger partial charge on any atom is -0.354 e. The standard InChI is InChI=1S/C13H18N4O2/c1-9-3-4-11(16-14)10(7-9)13(19)17-6-2-5-15-12(18)8-17/h3-4,7,16H,2,5-6,8,14H2,1H3,(H,15,18). The van der Waals surface area contributed by atoms with Crippen LogP contribution in [0.3, 0.4) is 0 Å². The Bertz CT molecular complexity index is 501. The largest absolute Gasteiger partial charge is 0.354 e. The molecule has 0 saturated carbocycles. The van der Waals surface area contributed by atoms with Crippen molar-refractivity contribution in [1.29, 1.82) is 0 Å². The van der Waals surface area contributed by atoms with E-state index in [1.165, 1.54) is 0 Å². The topological polar surface area (TPSA) is 87.5 Å². The normalized spacial score (nSPS) is 15.7. The fraction of sp³-hybridized carbons (Fsp3) is 0.385. The fourth-order valence-corrected chi connectivity index (χ4v) is 2.11. The molecule has 6 heteroatoms. The van der Waals surface area contributed by atoms with Crippen molar-refractivity contribution in [2.75, 3.05) is 25.1 Å². The van der Waals surface area contributed by atoms with E-state index in [0.29, 0.717) is 24.3 Å². The first-order valence-electron chi connectivity index (χ1n) is 6.25. The molecular formula is C13H18N4O2. The van der Waals surface area contributed by atoms with E-state index in [1.54, 1.807) is 17.0 Å². The summed E-state index contributed by atoms with van der Waals surface area (Å²) in [6, 6.07) is 5.42. The lowest BCUT2D eigenvalue weighted by molar-refractivity contribution is -0.121. The number of nitrogens with two attached hydrogens (primary N) is 1. The Morgan fingerprint density at radius 3 is 3.00 bits per heavy atom. The number of nitrogen functional groups attached to an aromatic ring is 1. The van der Waals surface area contributed by atoms with Crippen LogP contribution in [0.15, 0.2) is 18.2 Å². The summed E-state index contributed by atoms with van der Waals surface area (Å²) in [4.78, 5) is 25.5. The van der Waals surface area contributed by atoms with Crippen LogP contribution < -0.4 is 16.6 Å². The van der Waals surface area contributed by atoms with E-state index in [0.717, 1.165) is 12.0 Å². The third kappa shape index (κ3) is 3.03. The quantitative estimate of drug-likeness (QED) is 0.526. The average Bonchev–Trinajstić information content (AvgIpc) is 2.62. The van der Waals surface area contributed by atoms with Gasteiger partial charge < -0.3 is 15.6 Å². The second-order valence-electron chi connectivity index (χ2n) is 4.62. The number of nitrogens with one attached hydrogen (secondary N) is 2. The second kappa shape index (κ2) is 5.71. The summed E-state index contributed by atoms with van der Waals surface area (Å²) in [6.45, 7) is 3.18. The number of rotatable bonds is 2. The molecule has 1 heterocycles. The van der Waals surface area contributed by atoms with Gasteiger partial charge in [0, 0.05) is 13.1 Å². The molecule has 0 aliphatic carbocycles. The Labute approximate surface area is 111 Å². The molecule has 0 unspecified atom stereocenters. The van der Waals surface area contributed by atoms with Crippen molar-refractivity contribution in [3.63, 3.8) is 0 Å². The smallest absolute Gasteiger partial charge is 0.256 e. The number of carbonyl (C=O) groups is 2. The third-order valence-electron chi connectivity index (χ3n) is 3.11. The molecule has 1 aromatic rings. The number of carbonyl (C=O) groups excluding carboxylic acids is 2. The zero-order chi connectivity index (χ0) is 13.8. The van der Waals surface area contributed by atoms with Crippen molar-refractivity contribution < 1.29 is 9.59 Å². The lowest BCUT2D eigenvalue weighted by atomic mass is 10.1. The van der Waals surface area contributed by atoms with E-state index >= 15 is 0 Å². The molecule has 0 atom stereocenters. The van der Waals surface area contributed by atoms with Crippen molar-refractivity contribution in [2.24, 2.45) is 5.84 Å². The molecule has 102 valence electrons. The van der Waals surface area contributed by atoms with Crippen molar-refractivity contribution in [2.45, 2.75) is 13.3 Å². The maximum absolute atomic E-state index is 12.5. The van der Waals surface area contributed by atoms with Crippen molar-refractivity contribution in [1.82, 2.24) is 10.2 Å². The SMILES string of the molecule is Cc1ccc(NN)c(C(=O)N2CCCNC(=O)C2)c1. The first-order chi connectivity index (χ1) is 9.11. The van der Waals surface area contributed by atoms with Gasteiger partial charge in [-0.05, 0) is 25.5 Å². The van der Waals surface area contributed by atoms with E-state index in [9.17, 15) is 9.59 Å². The van der Waals surface area contributed by atoms with Crippen LogP contribution in [0.4, 0.5) is 5.69 Å². The van der Waals surface area contributed by atoms with Crippen LogP contribution in [0, 0.1) is 6.92 Å². The molecule has 1 fully saturated rings. The van der Waals surface area contributed by atoms with E-state index in [4.69, 9.17) is 5.84 Å². The molecule has 2 rings (SSSR count). The summed E-state index contributed by atoms with van der Waals surface area (Å²) >= 11 is 0. The molecule has 6 nitrogen and oxygen atoms in total. The fourth-order valence-electron chi connectivity index (χ4n) is 2.11. The van der Waals surface area contributed by atoms with Crippen LogP contribution in [-0.2, 0) is 4.79 Å². The summed E-state index contributed by atoms with van der Waals surface area (Å²) in [5.41, 5.74) is 4.56. The van der Waals surface area contributed by atoms with E-state index in [1.807, 2.05) is 13.0 Å². The monoisotopic (exact) mass is 262 g/mol. The summed E-state index contributed by atoms with van der Waals surface area (Å²) < 4.78 is 0. The first-order valence-corrected chi connectivity index (χ1v) is 6.25. The van der Waals surface area contributed by atoms with Gasteiger partial charge in [0.2, 0.25) is 5.91 Å². The Balaban J connectivity index is 2.27. The van der Waals surface area contributed by atoms with Crippen molar-refractivity contribution in [3.05, 3.63) is 29.3 Å². The molecule has 0 radical (unpaired) electrons. The van der Waals surface area contributed by atoms with E-state index in [-0.39, 0.29) is 18.4 Å². The summed E-state index contributed by atoms with van der Waals surface area (Å²) in [5.74, 6) is 5.13. The minimum atomic E-state index is -0.172. The van der Waals surface area contributed by atoms with Gasteiger partial charge in [0.15, 0.2) is 0 Å².